The molecular formula is C33H30ClF5N6O2S. The third kappa shape index (κ3) is 4.83. The van der Waals surface area contributed by atoms with Gasteiger partial charge in [-0.1, -0.05) is 17.7 Å². The Morgan fingerprint density at radius 2 is 2.02 bits per heavy atom. The summed E-state index contributed by atoms with van der Waals surface area (Å²) in [6, 6.07) is 3.95. The van der Waals surface area contributed by atoms with Crippen molar-refractivity contribution in [1.82, 2.24) is 14.9 Å². The summed E-state index contributed by atoms with van der Waals surface area (Å²) < 4.78 is 86.8. The predicted octanol–water partition coefficient (Wildman–Crippen LogP) is 7.48. The van der Waals surface area contributed by atoms with E-state index >= 15 is 4.39 Å². The normalized spacial score (nSPS) is 25.5. The van der Waals surface area contributed by atoms with Gasteiger partial charge in [0.1, 0.15) is 47.6 Å². The maximum atomic E-state index is 17.1. The zero-order valence-corrected chi connectivity index (χ0v) is 27.1. The molecule has 0 amide bonds. The van der Waals surface area contributed by atoms with Gasteiger partial charge >= 0.3 is 6.01 Å². The molecule has 4 atom stereocenters. The van der Waals surface area contributed by atoms with E-state index in [1.165, 1.54) is 6.07 Å². The summed E-state index contributed by atoms with van der Waals surface area (Å²) in [5.74, 6) is -2.01. The lowest BCUT2D eigenvalue weighted by atomic mass is 9.95. The van der Waals surface area contributed by atoms with Crippen LogP contribution < -0.4 is 20.1 Å². The molecule has 15 heteroatoms. The number of nitrogen functional groups attached to an aromatic ring is 1. The first-order chi connectivity index (χ1) is 23.1. The van der Waals surface area contributed by atoms with Gasteiger partial charge in [-0.25, -0.2) is 22.0 Å². The second-order valence-electron chi connectivity index (χ2n) is 13.1. The van der Waals surface area contributed by atoms with E-state index in [1.807, 2.05) is 11.0 Å². The van der Waals surface area contributed by atoms with Gasteiger partial charge in [0.05, 0.1) is 32.3 Å². The molecule has 3 fully saturated rings. The summed E-state index contributed by atoms with van der Waals surface area (Å²) in [6.45, 7) is 1.39. The predicted molar refractivity (Wildman–Crippen MR) is 173 cm³/mol. The number of nitrogens with zero attached hydrogens (tertiary/aromatic N) is 5. The van der Waals surface area contributed by atoms with Gasteiger partial charge < -0.3 is 20.1 Å². The summed E-state index contributed by atoms with van der Waals surface area (Å²) >= 11 is 7.86. The van der Waals surface area contributed by atoms with E-state index in [9.17, 15) is 22.8 Å². The SMILES string of the molecule is N#Cc1c(N)sc2c(F)ccc(-c3c(Cl)c4c5c(nc(OC[C@@]67CCCN6C[C@H](F)C7)nc5c3F)N3CCC(C(F)F)CCC3CO4)c12. The van der Waals surface area contributed by atoms with E-state index in [0.717, 1.165) is 36.8 Å². The fourth-order valence-corrected chi connectivity index (χ4v) is 9.40. The molecule has 4 aliphatic rings. The smallest absolute Gasteiger partial charge is 0.319 e. The second kappa shape index (κ2) is 11.7. The number of anilines is 2. The average molecular weight is 705 g/mol. The standard InChI is InChI=1S/C33H30ClF5N6O2S/c34-24-22(18-4-5-20(36)28-21(18)19(11-40)30(41)48-28)25(37)26-23-27(24)46-13-17-3-2-15(29(38)39)6-9-45(17)31(23)43-32(42-26)47-14-33-7-1-8-44(33)12-16(35)10-33/h4-5,15-17,29H,1-3,6-10,12-14,41H2/t15?,16-,17?,33+/m1/s1. The molecule has 4 aromatic rings. The van der Waals surface area contributed by atoms with Crippen LogP contribution in [0.2, 0.25) is 5.02 Å². The molecule has 2 aromatic heterocycles. The molecule has 2 N–H and O–H groups in total. The van der Waals surface area contributed by atoms with E-state index in [2.05, 4.69) is 9.88 Å². The Hall–Kier alpha value is -3.67. The highest BCUT2D eigenvalue weighted by atomic mass is 35.5. The first-order valence-electron chi connectivity index (χ1n) is 15.9. The van der Waals surface area contributed by atoms with Gasteiger partial charge in [-0.05, 0) is 50.3 Å². The van der Waals surface area contributed by atoms with E-state index in [0.29, 0.717) is 19.4 Å². The minimum atomic E-state index is -2.49. The Labute approximate surface area is 281 Å². The van der Waals surface area contributed by atoms with E-state index in [-0.39, 0.29) is 104 Å². The molecule has 0 aliphatic carbocycles. The van der Waals surface area contributed by atoms with Gasteiger partial charge in [0.15, 0.2) is 11.6 Å². The lowest BCUT2D eigenvalue weighted by molar-refractivity contribution is 0.0699. The van der Waals surface area contributed by atoms with Crippen molar-refractivity contribution in [1.29, 1.82) is 5.26 Å². The van der Waals surface area contributed by atoms with Crippen LogP contribution in [0.1, 0.15) is 44.1 Å². The third-order valence-electron chi connectivity index (χ3n) is 10.5. The summed E-state index contributed by atoms with van der Waals surface area (Å²) in [5.41, 5.74) is 5.29. The van der Waals surface area contributed by atoms with Crippen molar-refractivity contribution in [2.75, 3.05) is 43.5 Å². The summed E-state index contributed by atoms with van der Waals surface area (Å²) in [6.07, 6.45) is -0.751. The number of aromatic nitrogens is 2. The molecule has 2 aromatic carbocycles. The number of ether oxygens (including phenoxy) is 2. The molecule has 6 heterocycles. The van der Waals surface area contributed by atoms with Crippen LogP contribution in [0.5, 0.6) is 11.8 Å². The largest absolute Gasteiger partial charge is 0.489 e. The molecule has 8 rings (SSSR count). The number of nitrogens with two attached hydrogens (primary N) is 1. The van der Waals surface area contributed by atoms with Crippen LogP contribution in [0.4, 0.5) is 32.8 Å². The Morgan fingerprint density at radius 1 is 1.19 bits per heavy atom. The fourth-order valence-electron chi connectivity index (χ4n) is 8.11. The van der Waals surface area contributed by atoms with Crippen LogP contribution in [0.15, 0.2) is 12.1 Å². The number of hydrogen-bond acceptors (Lipinski definition) is 9. The van der Waals surface area contributed by atoms with Gasteiger partial charge in [-0.3, -0.25) is 4.90 Å². The molecule has 3 saturated heterocycles. The number of rotatable bonds is 5. The van der Waals surface area contributed by atoms with Crippen LogP contribution in [0, 0.1) is 28.9 Å². The first kappa shape index (κ1) is 31.6. The summed E-state index contributed by atoms with van der Waals surface area (Å²) in [7, 11) is 0. The lowest BCUT2D eigenvalue weighted by Gasteiger charge is -2.31. The second-order valence-corrected chi connectivity index (χ2v) is 14.6. The van der Waals surface area contributed by atoms with Crippen molar-refractivity contribution < 1.29 is 31.4 Å². The molecule has 2 unspecified atom stereocenters. The van der Waals surface area contributed by atoms with Crippen LogP contribution >= 0.6 is 22.9 Å². The molecule has 0 saturated carbocycles. The Kier molecular flexibility index (Phi) is 7.72. The highest BCUT2D eigenvalue weighted by Crippen LogP contribution is 2.52. The van der Waals surface area contributed by atoms with E-state index in [1.54, 1.807) is 0 Å². The maximum Gasteiger partial charge on any atom is 0.319 e. The minimum Gasteiger partial charge on any atom is -0.489 e. The van der Waals surface area contributed by atoms with Crippen molar-refractivity contribution in [3.63, 3.8) is 0 Å². The van der Waals surface area contributed by atoms with Crippen molar-refractivity contribution in [2.24, 2.45) is 5.92 Å². The first-order valence-corrected chi connectivity index (χ1v) is 17.1. The zero-order valence-electron chi connectivity index (χ0n) is 25.5. The number of halogens is 6. The molecule has 252 valence electrons. The molecule has 8 nitrogen and oxygen atoms in total. The summed E-state index contributed by atoms with van der Waals surface area (Å²) in [5, 5.41) is 10.1. The number of fused-ring (bicyclic) bond motifs is 4. The number of thiophene rings is 1. The molecular weight excluding hydrogens is 675 g/mol. The van der Waals surface area contributed by atoms with Crippen molar-refractivity contribution in [2.45, 2.75) is 62.7 Å². The van der Waals surface area contributed by atoms with Gasteiger partial charge in [-0.15, -0.1) is 11.3 Å². The topological polar surface area (TPSA) is 101 Å². The van der Waals surface area contributed by atoms with Gasteiger partial charge in [-0.2, -0.15) is 15.2 Å². The maximum absolute atomic E-state index is 17.1. The van der Waals surface area contributed by atoms with E-state index in [4.69, 9.17) is 31.8 Å². The molecule has 0 bridgehead atoms. The van der Waals surface area contributed by atoms with Crippen LogP contribution in [0.3, 0.4) is 0 Å². The Bertz CT molecular complexity index is 2010. The van der Waals surface area contributed by atoms with Crippen LogP contribution in [-0.2, 0) is 0 Å². The Morgan fingerprint density at radius 3 is 2.81 bits per heavy atom. The number of nitriles is 1. The lowest BCUT2D eigenvalue weighted by Crippen LogP contribution is -2.43. The molecule has 0 spiro atoms. The van der Waals surface area contributed by atoms with Gasteiger partial charge in [0.2, 0.25) is 6.43 Å². The third-order valence-corrected chi connectivity index (χ3v) is 11.9. The van der Waals surface area contributed by atoms with Crippen molar-refractivity contribution in [3.8, 4) is 29.0 Å². The number of alkyl halides is 3. The highest BCUT2D eigenvalue weighted by Gasteiger charge is 2.49. The monoisotopic (exact) mass is 704 g/mol. The van der Waals surface area contributed by atoms with Crippen LogP contribution in [-0.4, -0.2) is 71.9 Å². The summed E-state index contributed by atoms with van der Waals surface area (Å²) in [4.78, 5) is 13.2. The molecule has 48 heavy (non-hydrogen) atoms. The number of benzene rings is 2. The van der Waals surface area contributed by atoms with Crippen molar-refractivity contribution in [3.05, 3.63) is 34.4 Å². The minimum absolute atomic E-state index is 0.00989. The number of hydrogen-bond donors (Lipinski definition) is 1. The van der Waals surface area contributed by atoms with Gasteiger partial charge in [0.25, 0.3) is 0 Å². The fraction of sp³-hybridized carbons (Fsp3) is 0.485. The quantitative estimate of drug-likeness (QED) is 0.214. The molecule has 0 radical (unpaired) electrons. The highest BCUT2D eigenvalue weighted by molar-refractivity contribution is 7.23. The van der Waals surface area contributed by atoms with Crippen LogP contribution in [0.25, 0.3) is 32.1 Å². The zero-order chi connectivity index (χ0) is 33.5. The average Bonchev–Trinajstić information content (AvgIpc) is 3.59. The van der Waals surface area contributed by atoms with E-state index < -0.39 is 35.7 Å². The molecule has 4 aliphatic heterocycles. The van der Waals surface area contributed by atoms with Crippen molar-refractivity contribution >= 4 is 54.7 Å². The Balaban J connectivity index is 1.33. The van der Waals surface area contributed by atoms with Gasteiger partial charge in [0, 0.05) is 36.4 Å².